The van der Waals surface area contributed by atoms with Crippen molar-refractivity contribution < 1.29 is 17.9 Å². The number of nitrogen functional groups attached to an aromatic ring is 1. The maximum absolute atomic E-state index is 12.7. The molecule has 9 heteroatoms. The van der Waals surface area contributed by atoms with Crippen molar-refractivity contribution in [1.82, 2.24) is 19.7 Å². The zero-order valence-electron chi connectivity index (χ0n) is 20.1. The number of anilines is 1. The van der Waals surface area contributed by atoms with Crippen molar-refractivity contribution in [2.24, 2.45) is 11.8 Å². The van der Waals surface area contributed by atoms with Crippen LogP contribution in [0.3, 0.4) is 0 Å². The van der Waals surface area contributed by atoms with E-state index in [1.807, 2.05) is 34.8 Å². The summed E-state index contributed by atoms with van der Waals surface area (Å²) in [6, 6.07) is 3.68. The van der Waals surface area contributed by atoms with E-state index < -0.39 is 17.6 Å². The van der Waals surface area contributed by atoms with Crippen LogP contribution < -0.4 is 5.73 Å². The molecule has 34 heavy (non-hydrogen) atoms. The summed E-state index contributed by atoms with van der Waals surface area (Å²) >= 11 is 0. The molecule has 2 aliphatic carbocycles. The van der Waals surface area contributed by atoms with Gasteiger partial charge in [0.05, 0.1) is 17.4 Å². The third kappa shape index (κ3) is 6.50. The maximum Gasteiger partial charge on any atom is 0.419 e. The van der Waals surface area contributed by atoms with Crippen LogP contribution in [0, 0.1) is 11.8 Å². The van der Waals surface area contributed by atoms with E-state index in [1.54, 1.807) is 16.9 Å². The topological polar surface area (TPSA) is 69.2 Å². The van der Waals surface area contributed by atoms with Crippen LogP contribution in [0.15, 0.2) is 24.5 Å². The molecule has 3 aliphatic rings. The van der Waals surface area contributed by atoms with E-state index in [9.17, 15) is 13.2 Å². The van der Waals surface area contributed by atoms with Gasteiger partial charge in [0.2, 0.25) is 0 Å². The van der Waals surface area contributed by atoms with Crippen LogP contribution in [0.25, 0.3) is 11.3 Å². The fourth-order valence-corrected chi connectivity index (χ4v) is 4.52. The first kappa shape index (κ1) is 28.1. The molecule has 2 unspecified atom stereocenters. The number of hydrogen-bond acceptors (Lipinski definition) is 5. The summed E-state index contributed by atoms with van der Waals surface area (Å²) in [5.41, 5.74) is 5.04. The quantitative estimate of drug-likeness (QED) is 0.586. The lowest BCUT2D eigenvalue weighted by Gasteiger charge is -2.42. The number of ether oxygens (including phenoxy) is 1. The largest absolute Gasteiger partial charge is 0.419 e. The van der Waals surface area contributed by atoms with E-state index in [2.05, 4.69) is 15.0 Å². The van der Waals surface area contributed by atoms with Gasteiger partial charge < -0.3 is 10.5 Å². The van der Waals surface area contributed by atoms with Crippen LogP contribution in [-0.2, 0) is 10.9 Å². The van der Waals surface area contributed by atoms with Crippen molar-refractivity contribution in [3.8, 4) is 11.3 Å². The molecule has 0 amide bonds. The molecule has 5 rings (SSSR count). The first-order valence-electron chi connectivity index (χ1n) is 11.8. The van der Waals surface area contributed by atoms with Crippen molar-refractivity contribution >= 4 is 5.82 Å². The predicted molar refractivity (Wildman–Crippen MR) is 130 cm³/mol. The second kappa shape index (κ2) is 11.5. The number of pyridine rings is 1. The molecule has 192 valence electrons. The molecule has 0 radical (unpaired) electrons. The third-order valence-corrected chi connectivity index (χ3v) is 6.60. The average molecular weight is 484 g/mol. The van der Waals surface area contributed by atoms with E-state index in [0.29, 0.717) is 17.4 Å². The van der Waals surface area contributed by atoms with E-state index in [0.717, 1.165) is 23.9 Å². The molecule has 1 saturated heterocycles. The number of rotatable bonds is 4. The summed E-state index contributed by atoms with van der Waals surface area (Å²) in [7, 11) is 1.83. The number of nitrogens with two attached hydrogens (primary N) is 1. The molecule has 2 saturated carbocycles. The Hall–Kier alpha value is -2.13. The number of alkyl halides is 3. The molecule has 2 aromatic heterocycles. The highest BCUT2D eigenvalue weighted by molar-refractivity contribution is 5.61. The zero-order chi connectivity index (χ0) is 24.3. The van der Waals surface area contributed by atoms with Gasteiger partial charge in [0.25, 0.3) is 0 Å². The van der Waals surface area contributed by atoms with Crippen molar-refractivity contribution in [3.63, 3.8) is 0 Å². The van der Waals surface area contributed by atoms with Gasteiger partial charge in [-0.05, 0) is 57.1 Å². The Bertz CT molecular complexity index is 898. The van der Waals surface area contributed by atoms with Crippen molar-refractivity contribution in [2.75, 3.05) is 25.9 Å². The minimum atomic E-state index is -4.52. The van der Waals surface area contributed by atoms with Crippen LogP contribution in [0.5, 0.6) is 0 Å². The standard InChI is InChI=1S/C12H13F3N4.C10H17NO.C2H6.CH4/c1-7(2)19-4-3-10(18-19)8-5-9(12(13,14)15)11(16)17-6-8;1-12-10-5-11(6-10)9-3-7-2-8(7)4-9;1-2;/h3-7H,1-2H3,(H2,16,17);7-10H,2-6H2,1H3;1-2H3;1H4. The third-order valence-electron chi connectivity index (χ3n) is 6.60. The van der Waals surface area contributed by atoms with E-state index in [-0.39, 0.29) is 13.5 Å². The van der Waals surface area contributed by atoms with E-state index in [4.69, 9.17) is 10.5 Å². The van der Waals surface area contributed by atoms with Crippen molar-refractivity contribution in [2.45, 2.75) is 78.7 Å². The molecule has 2 aromatic rings. The van der Waals surface area contributed by atoms with Gasteiger partial charge in [-0.25, -0.2) is 4.98 Å². The van der Waals surface area contributed by atoms with Crippen molar-refractivity contribution in [1.29, 1.82) is 0 Å². The molecule has 2 N–H and O–H groups in total. The van der Waals surface area contributed by atoms with Crippen LogP contribution >= 0.6 is 0 Å². The second-order valence-corrected chi connectivity index (χ2v) is 9.12. The lowest BCUT2D eigenvalue weighted by atomic mass is 10.0. The van der Waals surface area contributed by atoms with Crippen LogP contribution in [0.4, 0.5) is 19.0 Å². The van der Waals surface area contributed by atoms with Gasteiger partial charge >= 0.3 is 6.18 Å². The second-order valence-electron chi connectivity index (χ2n) is 9.12. The van der Waals surface area contributed by atoms with Crippen LogP contribution in [0.1, 0.15) is 66.0 Å². The fourth-order valence-electron chi connectivity index (χ4n) is 4.52. The lowest BCUT2D eigenvalue weighted by Crippen LogP contribution is -2.55. The summed E-state index contributed by atoms with van der Waals surface area (Å²) in [5.74, 6) is 1.72. The lowest BCUT2D eigenvalue weighted by molar-refractivity contribution is -0.137. The minimum Gasteiger partial charge on any atom is -0.383 e. The van der Waals surface area contributed by atoms with Crippen LogP contribution in [0.2, 0.25) is 0 Å². The van der Waals surface area contributed by atoms with Gasteiger partial charge in [-0.15, -0.1) is 0 Å². The number of nitrogens with zero attached hydrogens (tertiary/aromatic N) is 4. The number of hydrogen-bond donors (Lipinski definition) is 1. The molecule has 0 aromatic carbocycles. The molecular weight excluding hydrogens is 443 g/mol. The number of fused-ring (bicyclic) bond motifs is 1. The average Bonchev–Trinajstić information content (AvgIpc) is 3.14. The predicted octanol–water partition coefficient (Wildman–Crippen LogP) is 5.90. The Morgan fingerprint density at radius 2 is 1.74 bits per heavy atom. The summed E-state index contributed by atoms with van der Waals surface area (Å²) in [5, 5.41) is 4.20. The Balaban J connectivity index is 0.000000233. The zero-order valence-corrected chi connectivity index (χ0v) is 20.1. The monoisotopic (exact) mass is 483 g/mol. The highest BCUT2D eigenvalue weighted by Gasteiger charge is 2.49. The Morgan fingerprint density at radius 3 is 2.24 bits per heavy atom. The van der Waals surface area contributed by atoms with Gasteiger partial charge in [0.1, 0.15) is 5.82 Å². The summed E-state index contributed by atoms with van der Waals surface area (Å²) in [4.78, 5) is 6.20. The van der Waals surface area contributed by atoms with Gasteiger partial charge in [-0.1, -0.05) is 21.3 Å². The summed E-state index contributed by atoms with van der Waals surface area (Å²) in [6.07, 6.45) is 3.54. The van der Waals surface area contributed by atoms with Crippen LogP contribution in [-0.4, -0.2) is 52.0 Å². The van der Waals surface area contributed by atoms with Gasteiger partial charge in [-0.3, -0.25) is 9.58 Å². The van der Waals surface area contributed by atoms with E-state index in [1.165, 1.54) is 38.5 Å². The molecule has 1 aliphatic heterocycles. The van der Waals surface area contributed by atoms with Gasteiger partial charge in [0, 0.05) is 50.2 Å². The van der Waals surface area contributed by atoms with E-state index >= 15 is 0 Å². The molecular formula is C25H40F3N5O. The number of aromatic nitrogens is 3. The molecule has 0 spiro atoms. The number of likely N-dealkylation sites (tertiary alicyclic amines) is 1. The Labute approximate surface area is 201 Å². The highest BCUT2D eigenvalue weighted by atomic mass is 19.4. The molecule has 2 atom stereocenters. The first-order chi connectivity index (χ1) is 15.7. The SMILES string of the molecule is C.CC.CC(C)n1ccc(-c2cnc(N)c(C(F)(F)F)c2)n1.COC1CN(C2CC3CC3C2)C1. The number of halogens is 3. The summed E-state index contributed by atoms with van der Waals surface area (Å²) in [6.45, 7) is 10.2. The Morgan fingerprint density at radius 1 is 1.12 bits per heavy atom. The smallest absolute Gasteiger partial charge is 0.383 e. The Kier molecular flexibility index (Phi) is 9.53. The molecule has 3 fully saturated rings. The number of methoxy groups -OCH3 is 1. The molecule has 3 heterocycles. The molecule has 6 nitrogen and oxygen atoms in total. The first-order valence-corrected chi connectivity index (χ1v) is 11.8. The maximum atomic E-state index is 12.7. The highest BCUT2D eigenvalue weighted by Crippen LogP contribution is 2.53. The van der Waals surface area contributed by atoms with Gasteiger partial charge in [0.15, 0.2) is 0 Å². The molecule has 0 bridgehead atoms. The normalized spacial score (nSPS) is 23.6. The summed E-state index contributed by atoms with van der Waals surface area (Å²) < 4.78 is 45.1. The van der Waals surface area contributed by atoms with Crippen molar-refractivity contribution in [3.05, 3.63) is 30.1 Å². The van der Waals surface area contributed by atoms with Gasteiger partial charge in [-0.2, -0.15) is 18.3 Å². The fraction of sp³-hybridized carbons (Fsp3) is 0.680. The minimum absolute atomic E-state index is 0.